The summed E-state index contributed by atoms with van der Waals surface area (Å²) in [5, 5.41) is 5.40. The molecule has 0 radical (unpaired) electrons. The maximum Gasteiger partial charge on any atom is 0.251 e. The van der Waals surface area contributed by atoms with Gasteiger partial charge in [-0.05, 0) is 61.7 Å². The van der Waals surface area contributed by atoms with Crippen molar-refractivity contribution >= 4 is 23.4 Å². The molecule has 158 valence electrons. The lowest BCUT2D eigenvalue weighted by Gasteiger charge is -2.26. The molecule has 1 aliphatic heterocycles. The van der Waals surface area contributed by atoms with Gasteiger partial charge in [0.15, 0.2) is 0 Å². The summed E-state index contributed by atoms with van der Waals surface area (Å²) in [4.78, 5) is 38.3. The fourth-order valence-corrected chi connectivity index (χ4v) is 3.33. The molecule has 2 aromatic rings. The molecule has 3 rings (SSSR count). The van der Waals surface area contributed by atoms with E-state index < -0.39 is 0 Å². The summed E-state index contributed by atoms with van der Waals surface area (Å²) in [5.41, 5.74) is 2.05. The van der Waals surface area contributed by atoms with Gasteiger partial charge in [-0.2, -0.15) is 0 Å². The number of piperidine rings is 1. The molecule has 1 heterocycles. The molecule has 1 aliphatic rings. The van der Waals surface area contributed by atoms with Crippen molar-refractivity contribution in [2.24, 2.45) is 0 Å². The highest BCUT2D eigenvalue weighted by atomic mass is 16.5. The van der Waals surface area contributed by atoms with E-state index in [-0.39, 0.29) is 24.3 Å². The molecule has 0 bridgehead atoms. The number of amides is 3. The van der Waals surface area contributed by atoms with Crippen LogP contribution in [0.5, 0.6) is 5.75 Å². The van der Waals surface area contributed by atoms with Crippen molar-refractivity contribution in [1.82, 2.24) is 10.2 Å². The quantitative estimate of drug-likeness (QED) is 0.702. The Morgan fingerprint density at radius 3 is 2.63 bits per heavy atom. The molecule has 3 amide bonds. The third-order valence-corrected chi connectivity index (χ3v) is 4.84. The Labute approximate surface area is 176 Å². The molecule has 1 saturated heterocycles. The number of hydrogen-bond acceptors (Lipinski definition) is 4. The molecule has 30 heavy (non-hydrogen) atoms. The zero-order valence-electron chi connectivity index (χ0n) is 17.1. The molecule has 0 unspecified atom stereocenters. The molecular weight excluding hydrogens is 382 g/mol. The SMILES string of the molecule is CCOc1ccc(C(=O)NCC(=O)Nc2cccc(CN3CCCCC3=O)c2)cc1. The van der Waals surface area contributed by atoms with Crippen LogP contribution in [0, 0.1) is 0 Å². The van der Waals surface area contributed by atoms with E-state index in [1.54, 1.807) is 30.3 Å². The fraction of sp³-hybridized carbons (Fsp3) is 0.348. The number of carbonyl (C=O) groups is 3. The van der Waals surface area contributed by atoms with Crippen LogP contribution in [-0.2, 0) is 16.1 Å². The number of anilines is 1. The largest absolute Gasteiger partial charge is 0.494 e. The number of benzene rings is 2. The number of nitrogens with one attached hydrogen (secondary N) is 2. The van der Waals surface area contributed by atoms with E-state index in [0.717, 1.165) is 24.9 Å². The van der Waals surface area contributed by atoms with Crippen LogP contribution in [-0.4, -0.2) is 42.3 Å². The zero-order chi connectivity index (χ0) is 21.3. The van der Waals surface area contributed by atoms with E-state index in [1.165, 1.54) is 0 Å². The summed E-state index contributed by atoms with van der Waals surface area (Å²) in [6.07, 6.45) is 2.58. The van der Waals surface area contributed by atoms with Crippen LogP contribution < -0.4 is 15.4 Å². The Morgan fingerprint density at radius 2 is 1.90 bits per heavy atom. The van der Waals surface area contributed by atoms with Crippen molar-refractivity contribution in [2.45, 2.75) is 32.7 Å². The highest BCUT2D eigenvalue weighted by Crippen LogP contribution is 2.17. The van der Waals surface area contributed by atoms with Gasteiger partial charge >= 0.3 is 0 Å². The maximum atomic E-state index is 12.2. The van der Waals surface area contributed by atoms with Crippen LogP contribution in [0.3, 0.4) is 0 Å². The van der Waals surface area contributed by atoms with Crippen molar-refractivity contribution < 1.29 is 19.1 Å². The second-order valence-corrected chi connectivity index (χ2v) is 7.16. The van der Waals surface area contributed by atoms with Crippen LogP contribution in [0.15, 0.2) is 48.5 Å². The average molecular weight is 409 g/mol. The predicted molar refractivity (Wildman–Crippen MR) is 114 cm³/mol. The van der Waals surface area contributed by atoms with Crippen molar-refractivity contribution in [1.29, 1.82) is 0 Å². The highest BCUT2D eigenvalue weighted by molar-refractivity contribution is 5.99. The van der Waals surface area contributed by atoms with E-state index in [1.807, 2.05) is 30.0 Å². The Morgan fingerprint density at radius 1 is 1.10 bits per heavy atom. The Balaban J connectivity index is 1.49. The minimum absolute atomic E-state index is 0.138. The van der Waals surface area contributed by atoms with Crippen molar-refractivity contribution in [2.75, 3.05) is 25.0 Å². The van der Waals surface area contributed by atoms with Gasteiger partial charge < -0.3 is 20.3 Å². The molecule has 7 heteroatoms. The number of hydrogen-bond donors (Lipinski definition) is 2. The number of carbonyl (C=O) groups excluding carboxylic acids is 3. The summed E-state index contributed by atoms with van der Waals surface area (Å²) in [5.74, 6) is 0.219. The zero-order valence-corrected chi connectivity index (χ0v) is 17.1. The molecule has 7 nitrogen and oxygen atoms in total. The number of nitrogens with zero attached hydrogens (tertiary/aromatic N) is 1. The molecule has 0 atom stereocenters. The molecule has 1 fully saturated rings. The first-order valence-electron chi connectivity index (χ1n) is 10.2. The van der Waals surface area contributed by atoms with Gasteiger partial charge in [0.25, 0.3) is 5.91 Å². The van der Waals surface area contributed by atoms with E-state index >= 15 is 0 Å². The monoisotopic (exact) mass is 409 g/mol. The second kappa shape index (κ2) is 10.4. The van der Waals surface area contributed by atoms with Crippen molar-refractivity contribution in [3.8, 4) is 5.75 Å². The fourth-order valence-electron chi connectivity index (χ4n) is 3.33. The van der Waals surface area contributed by atoms with E-state index in [9.17, 15) is 14.4 Å². The number of rotatable bonds is 8. The Hall–Kier alpha value is -3.35. The smallest absolute Gasteiger partial charge is 0.251 e. The minimum atomic E-state index is -0.328. The van der Waals surface area contributed by atoms with Crippen LogP contribution in [0.2, 0.25) is 0 Å². The van der Waals surface area contributed by atoms with Gasteiger partial charge in [-0.3, -0.25) is 14.4 Å². The lowest BCUT2D eigenvalue weighted by molar-refractivity contribution is -0.133. The minimum Gasteiger partial charge on any atom is -0.494 e. The van der Waals surface area contributed by atoms with Crippen LogP contribution in [0.4, 0.5) is 5.69 Å². The lowest BCUT2D eigenvalue weighted by atomic mass is 10.1. The molecule has 0 spiro atoms. The van der Waals surface area contributed by atoms with Crippen LogP contribution >= 0.6 is 0 Å². The van der Waals surface area contributed by atoms with Gasteiger partial charge in [0, 0.05) is 30.8 Å². The topological polar surface area (TPSA) is 87.7 Å². The first-order valence-corrected chi connectivity index (χ1v) is 10.2. The van der Waals surface area contributed by atoms with Gasteiger partial charge in [0.05, 0.1) is 13.2 Å². The summed E-state index contributed by atoms with van der Waals surface area (Å²) in [6, 6.07) is 14.2. The van der Waals surface area contributed by atoms with Gasteiger partial charge in [0.2, 0.25) is 11.8 Å². The second-order valence-electron chi connectivity index (χ2n) is 7.16. The maximum absolute atomic E-state index is 12.2. The summed E-state index contributed by atoms with van der Waals surface area (Å²) < 4.78 is 5.35. The predicted octanol–water partition coefficient (Wildman–Crippen LogP) is 2.97. The van der Waals surface area contributed by atoms with E-state index in [2.05, 4.69) is 10.6 Å². The molecular formula is C23H27N3O4. The summed E-state index contributed by atoms with van der Waals surface area (Å²) >= 11 is 0. The normalized spacial score (nSPS) is 13.6. The summed E-state index contributed by atoms with van der Waals surface area (Å²) in [6.45, 7) is 3.62. The average Bonchev–Trinajstić information content (AvgIpc) is 2.75. The van der Waals surface area contributed by atoms with Gasteiger partial charge in [-0.25, -0.2) is 0 Å². The third-order valence-electron chi connectivity index (χ3n) is 4.84. The lowest BCUT2D eigenvalue weighted by Crippen LogP contribution is -2.34. The molecule has 2 N–H and O–H groups in total. The first kappa shape index (κ1) is 21.4. The molecule has 0 saturated carbocycles. The number of ether oxygens (including phenoxy) is 1. The molecule has 0 aliphatic carbocycles. The molecule has 0 aromatic heterocycles. The van der Waals surface area contributed by atoms with Gasteiger partial charge in [0.1, 0.15) is 5.75 Å². The molecule has 2 aromatic carbocycles. The number of likely N-dealkylation sites (tertiary alicyclic amines) is 1. The van der Waals surface area contributed by atoms with Crippen molar-refractivity contribution in [3.63, 3.8) is 0 Å². The third kappa shape index (κ3) is 6.07. The van der Waals surface area contributed by atoms with E-state index in [4.69, 9.17) is 4.74 Å². The van der Waals surface area contributed by atoms with E-state index in [0.29, 0.717) is 36.6 Å². The Kier molecular flexibility index (Phi) is 7.43. The van der Waals surface area contributed by atoms with Gasteiger partial charge in [-0.1, -0.05) is 12.1 Å². The van der Waals surface area contributed by atoms with Crippen molar-refractivity contribution in [3.05, 3.63) is 59.7 Å². The summed E-state index contributed by atoms with van der Waals surface area (Å²) in [7, 11) is 0. The van der Waals surface area contributed by atoms with Crippen LogP contribution in [0.25, 0.3) is 0 Å². The first-order chi connectivity index (χ1) is 14.5. The van der Waals surface area contributed by atoms with Gasteiger partial charge in [-0.15, -0.1) is 0 Å². The van der Waals surface area contributed by atoms with Crippen LogP contribution in [0.1, 0.15) is 42.1 Å². The Bertz CT molecular complexity index is 896. The standard InChI is InChI=1S/C23H27N3O4/c1-2-30-20-11-9-18(10-12-20)23(29)24-15-21(27)25-19-7-5-6-17(14-19)16-26-13-4-3-8-22(26)28/h5-7,9-12,14H,2-4,8,13,15-16H2,1H3,(H,24,29)(H,25,27). The highest BCUT2D eigenvalue weighted by Gasteiger charge is 2.18.